The molecule has 4 aromatic rings. The first-order valence-electron chi connectivity index (χ1n) is 12.2. The van der Waals surface area contributed by atoms with Gasteiger partial charge in [-0.2, -0.15) is 0 Å². The van der Waals surface area contributed by atoms with Gasteiger partial charge < -0.3 is 30.6 Å². The number of carbonyl (C=O) groups is 1. The first-order valence-corrected chi connectivity index (χ1v) is 13.9. The molecule has 0 spiro atoms. The largest absolute Gasteiger partial charge is 0.493 e. The molecule has 38 heavy (non-hydrogen) atoms. The summed E-state index contributed by atoms with van der Waals surface area (Å²) in [5.41, 5.74) is 9.52. The van der Waals surface area contributed by atoms with Crippen molar-refractivity contribution in [3.8, 4) is 38.4 Å². The number of hydrogen-bond acceptors (Lipinski definition) is 10. The quantitative estimate of drug-likeness (QED) is 0.218. The van der Waals surface area contributed by atoms with Gasteiger partial charge in [-0.3, -0.25) is 4.79 Å². The van der Waals surface area contributed by atoms with Crippen LogP contribution in [-0.4, -0.2) is 37.2 Å². The van der Waals surface area contributed by atoms with Gasteiger partial charge in [-0.15, -0.1) is 11.3 Å². The first kappa shape index (κ1) is 25.8. The molecular formula is C27H29N5O4S2. The zero-order valence-corrected chi connectivity index (χ0v) is 23.0. The van der Waals surface area contributed by atoms with Gasteiger partial charge >= 0.3 is 0 Å². The minimum Gasteiger partial charge on any atom is -0.493 e. The lowest BCUT2D eigenvalue weighted by Gasteiger charge is -2.14. The van der Waals surface area contributed by atoms with E-state index in [2.05, 4.69) is 15.6 Å². The third-order valence-corrected chi connectivity index (χ3v) is 8.40. The number of benzene rings is 2. The van der Waals surface area contributed by atoms with Crippen molar-refractivity contribution in [2.45, 2.75) is 25.7 Å². The second-order valence-corrected chi connectivity index (χ2v) is 10.7. The number of amides is 1. The molecule has 11 heteroatoms. The molecule has 1 saturated carbocycles. The van der Waals surface area contributed by atoms with Gasteiger partial charge in [0, 0.05) is 40.4 Å². The summed E-state index contributed by atoms with van der Waals surface area (Å²) in [6, 6.07) is 11.4. The fourth-order valence-corrected chi connectivity index (χ4v) is 6.35. The lowest BCUT2D eigenvalue weighted by molar-refractivity contribution is -0.119. The molecule has 5 rings (SSSR count). The molecule has 1 amide bonds. The molecule has 2 aromatic heterocycles. The van der Waals surface area contributed by atoms with Gasteiger partial charge in [0.05, 0.1) is 27.0 Å². The Bertz CT molecular complexity index is 1420. The van der Waals surface area contributed by atoms with E-state index in [0.717, 1.165) is 58.2 Å². The van der Waals surface area contributed by atoms with E-state index in [0.29, 0.717) is 28.2 Å². The van der Waals surface area contributed by atoms with Crippen molar-refractivity contribution in [2.75, 3.05) is 37.7 Å². The molecule has 198 valence electrons. The van der Waals surface area contributed by atoms with Crippen molar-refractivity contribution >= 4 is 50.9 Å². The SMILES string of the molecule is COc1cc(Nc2nc(N)c(-c3nc(-c4cccc(NC(=O)C5CCCC5)c4)cs3)s2)cc(OC)c1OC. The van der Waals surface area contributed by atoms with Crippen LogP contribution in [0.2, 0.25) is 0 Å². The molecule has 0 unspecified atom stereocenters. The first-order chi connectivity index (χ1) is 18.5. The molecule has 0 atom stereocenters. The minimum absolute atomic E-state index is 0.100. The highest BCUT2D eigenvalue weighted by Crippen LogP contribution is 2.43. The van der Waals surface area contributed by atoms with Crippen LogP contribution in [0.4, 0.5) is 22.3 Å². The number of nitrogens with one attached hydrogen (secondary N) is 2. The third kappa shape index (κ3) is 5.39. The van der Waals surface area contributed by atoms with Gasteiger partial charge in [0.25, 0.3) is 0 Å². The number of nitrogens with two attached hydrogens (primary N) is 1. The summed E-state index contributed by atoms with van der Waals surface area (Å²) >= 11 is 2.91. The standard InChI is InChI=1S/C27H29N5O4S2/c1-34-20-12-18(13-21(35-2)22(20)36-3)30-27-32-24(28)23(38-27)26-31-19(14-37-26)16-9-6-10-17(11-16)29-25(33)15-7-4-5-8-15/h6,9-15H,4-5,7-8,28H2,1-3H3,(H,29,33)(H,30,32). The maximum Gasteiger partial charge on any atom is 0.227 e. The Morgan fingerprint density at radius 3 is 2.42 bits per heavy atom. The van der Waals surface area contributed by atoms with E-state index < -0.39 is 0 Å². The van der Waals surface area contributed by atoms with Crippen molar-refractivity contribution in [3.05, 3.63) is 41.8 Å². The topological polar surface area (TPSA) is 121 Å². The number of rotatable bonds is 9. The Morgan fingerprint density at radius 1 is 1.00 bits per heavy atom. The predicted molar refractivity (Wildman–Crippen MR) is 153 cm³/mol. The second kappa shape index (κ2) is 11.3. The Labute approximate surface area is 229 Å². The Hall–Kier alpha value is -3.83. The number of methoxy groups -OCH3 is 3. The number of carbonyl (C=O) groups excluding carboxylic acids is 1. The van der Waals surface area contributed by atoms with E-state index in [1.807, 2.05) is 29.6 Å². The highest BCUT2D eigenvalue weighted by molar-refractivity contribution is 7.23. The smallest absolute Gasteiger partial charge is 0.227 e. The zero-order chi connectivity index (χ0) is 26.6. The summed E-state index contributed by atoms with van der Waals surface area (Å²) in [6.45, 7) is 0. The maximum absolute atomic E-state index is 12.6. The van der Waals surface area contributed by atoms with Crippen LogP contribution in [0.15, 0.2) is 41.8 Å². The van der Waals surface area contributed by atoms with Gasteiger partial charge in [-0.05, 0) is 25.0 Å². The Balaban J connectivity index is 1.34. The van der Waals surface area contributed by atoms with E-state index >= 15 is 0 Å². The number of hydrogen-bond donors (Lipinski definition) is 3. The average Bonchev–Trinajstić information content (AvgIpc) is 3.70. The van der Waals surface area contributed by atoms with E-state index in [-0.39, 0.29) is 11.8 Å². The Kier molecular flexibility index (Phi) is 7.66. The van der Waals surface area contributed by atoms with Crippen molar-refractivity contribution in [1.82, 2.24) is 9.97 Å². The molecule has 1 fully saturated rings. The van der Waals surface area contributed by atoms with Crippen LogP contribution in [0, 0.1) is 5.92 Å². The van der Waals surface area contributed by atoms with E-state index in [9.17, 15) is 4.79 Å². The number of thiazole rings is 2. The molecule has 4 N–H and O–H groups in total. The molecule has 0 bridgehead atoms. The maximum atomic E-state index is 12.6. The average molecular weight is 552 g/mol. The van der Waals surface area contributed by atoms with Gasteiger partial charge in [0.1, 0.15) is 15.7 Å². The molecular weight excluding hydrogens is 522 g/mol. The highest BCUT2D eigenvalue weighted by atomic mass is 32.1. The lowest BCUT2D eigenvalue weighted by Crippen LogP contribution is -2.20. The van der Waals surface area contributed by atoms with Crippen molar-refractivity contribution < 1.29 is 19.0 Å². The van der Waals surface area contributed by atoms with Crippen LogP contribution in [0.3, 0.4) is 0 Å². The molecule has 1 aliphatic carbocycles. The number of nitrogen functional groups attached to an aromatic ring is 1. The fraction of sp³-hybridized carbons (Fsp3) is 0.296. The number of anilines is 4. The number of aromatic nitrogens is 2. The molecule has 9 nitrogen and oxygen atoms in total. The number of nitrogens with zero attached hydrogens (tertiary/aromatic N) is 2. The van der Waals surface area contributed by atoms with E-state index in [1.165, 1.54) is 22.7 Å². The zero-order valence-electron chi connectivity index (χ0n) is 21.4. The number of ether oxygens (including phenoxy) is 3. The minimum atomic E-state index is 0.100. The summed E-state index contributed by atoms with van der Waals surface area (Å²) in [5, 5.41) is 9.71. The summed E-state index contributed by atoms with van der Waals surface area (Å²) in [6.07, 6.45) is 4.18. The lowest BCUT2D eigenvalue weighted by atomic mass is 10.1. The summed E-state index contributed by atoms with van der Waals surface area (Å²) in [7, 11) is 4.70. The summed E-state index contributed by atoms with van der Waals surface area (Å²) < 4.78 is 16.3. The van der Waals surface area contributed by atoms with Crippen molar-refractivity contribution in [1.29, 1.82) is 0 Å². The van der Waals surface area contributed by atoms with Gasteiger partial charge in [-0.25, -0.2) is 9.97 Å². The normalized spacial score (nSPS) is 13.3. The van der Waals surface area contributed by atoms with E-state index in [4.69, 9.17) is 24.9 Å². The molecule has 2 heterocycles. The van der Waals surface area contributed by atoms with Crippen LogP contribution in [0.25, 0.3) is 21.1 Å². The van der Waals surface area contributed by atoms with Crippen LogP contribution in [0.1, 0.15) is 25.7 Å². The fourth-order valence-electron chi connectivity index (χ4n) is 4.51. The van der Waals surface area contributed by atoms with Gasteiger partial charge in [0.2, 0.25) is 11.7 Å². The third-order valence-electron chi connectivity index (χ3n) is 6.42. The molecule has 2 aromatic carbocycles. The monoisotopic (exact) mass is 551 g/mol. The Morgan fingerprint density at radius 2 is 1.74 bits per heavy atom. The van der Waals surface area contributed by atoms with Crippen LogP contribution in [0.5, 0.6) is 17.2 Å². The van der Waals surface area contributed by atoms with Crippen molar-refractivity contribution in [3.63, 3.8) is 0 Å². The molecule has 0 radical (unpaired) electrons. The van der Waals surface area contributed by atoms with Gasteiger partial charge in [0.15, 0.2) is 16.6 Å². The van der Waals surface area contributed by atoms with E-state index in [1.54, 1.807) is 33.5 Å². The molecule has 0 aliphatic heterocycles. The van der Waals surface area contributed by atoms with Crippen LogP contribution < -0.4 is 30.6 Å². The van der Waals surface area contributed by atoms with Gasteiger partial charge in [-0.1, -0.05) is 36.3 Å². The second-order valence-electron chi connectivity index (χ2n) is 8.86. The molecule has 0 saturated heterocycles. The van der Waals surface area contributed by atoms with Crippen LogP contribution >= 0.6 is 22.7 Å². The highest BCUT2D eigenvalue weighted by Gasteiger charge is 2.23. The predicted octanol–water partition coefficient (Wildman–Crippen LogP) is 6.41. The van der Waals surface area contributed by atoms with Crippen molar-refractivity contribution in [2.24, 2.45) is 5.92 Å². The summed E-state index contributed by atoms with van der Waals surface area (Å²) in [4.78, 5) is 22.6. The molecule has 1 aliphatic rings. The summed E-state index contributed by atoms with van der Waals surface area (Å²) in [5.74, 6) is 2.18. The van der Waals surface area contributed by atoms with Crippen LogP contribution in [-0.2, 0) is 4.79 Å².